The molecule has 0 atom stereocenters. The smallest absolute Gasteiger partial charge is 0.434 e. The minimum atomic E-state index is -5.85. The Bertz CT molecular complexity index is 983. The SMILES string of the molecule is O=C(O)C1CCN(c2c(CN3CCN(C(=O)OC(C(F)(F)F)C(F)(F)F)CC3)cccc2C(F)(F)F)CC1. The summed E-state index contributed by atoms with van der Waals surface area (Å²) in [5, 5.41) is 9.18. The van der Waals surface area contributed by atoms with E-state index in [0.29, 0.717) is 4.90 Å². The molecule has 2 fully saturated rings. The molecular weight excluding hydrogens is 541 g/mol. The summed E-state index contributed by atoms with van der Waals surface area (Å²) >= 11 is 0. The van der Waals surface area contributed by atoms with Crippen LogP contribution < -0.4 is 4.90 Å². The maximum absolute atomic E-state index is 13.8. The Kier molecular flexibility index (Phi) is 8.63. The van der Waals surface area contributed by atoms with Gasteiger partial charge in [-0.25, -0.2) is 4.79 Å². The molecule has 0 spiro atoms. The predicted octanol–water partition coefficient (Wildman–Crippen LogP) is 4.75. The number of aliphatic carboxylic acids is 1. The van der Waals surface area contributed by atoms with Crippen molar-refractivity contribution in [1.29, 1.82) is 0 Å². The number of rotatable bonds is 5. The fourth-order valence-electron chi connectivity index (χ4n) is 4.50. The summed E-state index contributed by atoms with van der Waals surface area (Å²) in [4.78, 5) is 27.0. The maximum atomic E-state index is 13.8. The molecule has 3 rings (SSSR count). The molecule has 0 aliphatic carbocycles. The Hall–Kier alpha value is -2.91. The number of amides is 1. The van der Waals surface area contributed by atoms with Crippen LogP contribution in [0.15, 0.2) is 18.2 Å². The average molecular weight is 565 g/mol. The number of piperidine rings is 1. The van der Waals surface area contributed by atoms with E-state index in [1.54, 1.807) is 4.90 Å². The Morgan fingerprint density at radius 3 is 1.92 bits per heavy atom. The van der Waals surface area contributed by atoms with Gasteiger partial charge >= 0.3 is 30.6 Å². The highest BCUT2D eigenvalue weighted by molar-refractivity contribution is 5.71. The first-order valence-corrected chi connectivity index (χ1v) is 11.5. The molecule has 7 nitrogen and oxygen atoms in total. The van der Waals surface area contributed by atoms with Crippen molar-refractivity contribution in [3.63, 3.8) is 0 Å². The number of piperazine rings is 1. The number of ether oxygens (including phenoxy) is 1. The van der Waals surface area contributed by atoms with E-state index < -0.39 is 48.2 Å². The summed E-state index contributed by atoms with van der Waals surface area (Å²) in [5.41, 5.74) is -0.751. The maximum Gasteiger partial charge on any atom is 0.434 e. The zero-order valence-corrected chi connectivity index (χ0v) is 19.7. The molecule has 16 heteroatoms. The van der Waals surface area contributed by atoms with Crippen molar-refractivity contribution in [2.24, 2.45) is 5.92 Å². The summed E-state index contributed by atoms with van der Waals surface area (Å²) in [6.45, 7) is -0.594. The summed E-state index contributed by atoms with van der Waals surface area (Å²) in [6.07, 6.45) is -22.2. The largest absolute Gasteiger partial charge is 0.481 e. The van der Waals surface area contributed by atoms with Gasteiger partial charge in [0.15, 0.2) is 0 Å². The molecule has 0 unspecified atom stereocenters. The van der Waals surface area contributed by atoms with Crippen LogP contribution in [0.5, 0.6) is 0 Å². The van der Waals surface area contributed by atoms with Crippen LogP contribution in [0.25, 0.3) is 0 Å². The third-order valence-electron chi connectivity index (χ3n) is 6.42. The number of carboxylic acids is 1. The van der Waals surface area contributed by atoms with Crippen LogP contribution in [-0.4, -0.2) is 84.7 Å². The van der Waals surface area contributed by atoms with E-state index >= 15 is 0 Å². The van der Waals surface area contributed by atoms with Gasteiger partial charge in [0.25, 0.3) is 6.10 Å². The second-order valence-corrected chi connectivity index (χ2v) is 9.02. The zero-order chi connectivity index (χ0) is 28.5. The molecular formula is C22H24F9N3O4. The van der Waals surface area contributed by atoms with Crippen LogP contribution in [0.1, 0.15) is 24.0 Å². The number of nitrogens with zero attached hydrogens (tertiary/aromatic N) is 3. The lowest BCUT2D eigenvalue weighted by Gasteiger charge is -2.38. The van der Waals surface area contributed by atoms with E-state index in [2.05, 4.69) is 4.74 Å². The van der Waals surface area contributed by atoms with Gasteiger partial charge < -0.3 is 19.6 Å². The van der Waals surface area contributed by atoms with Gasteiger partial charge in [-0.05, 0) is 24.5 Å². The molecule has 1 aromatic carbocycles. The molecule has 2 saturated heterocycles. The highest BCUT2D eigenvalue weighted by Crippen LogP contribution is 2.41. The van der Waals surface area contributed by atoms with Crippen molar-refractivity contribution in [3.8, 4) is 0 Å². The molecule has 38 heavy (non-hydrogen) atoms. The molecule has 1 amide bonds. The van der Waals surface area contributed by atoms with Gasteiger partial charge in [0.2, 0.25) is 0 Å². The van der Waals surface area contributed by atoms with Gasteiger partial charge in [0, 0.05) is 45.8 Å². The van der Waals surface area contributed by atoms with Crippen LogP contribution >= 0.6 is 0 Å². The minimum absolute atomic E-state index is 0.0469. The highest BCUT2D eigenvalue weighted by atomic mass is 19.4. The van der Waals surface area contributed by atoms with Crippen LogP contribution in [0.3, 0.4) is 0 Å². The molecule has 0 radical (unpaired) electrons. The number of alkyl halides is 9. The summed E-state index contributed by atoms with van der Waals surface area (Å²) < 4.78 is 121. The van der Waals surface area contributed by atoms with Crippen molar-refractivity contribution >= 4 is 17.7 Å². The Balaban J connectivity index is 1.70. The molecule has 2 aliphatic heterocycles. The van der Waals surface area contributed by atoms with Crippen molar-refractivity contribution in [2.45, 2.75) is 44.0 Å². The third-order valence-corrected chi connectivity index (χ3v) is 6.42. The van der Waals surface area contributed by atoms with Gasteiger partial charge in [-0.15, -0.1) is 0 Å². The summed E-state index contributed by atoms with van der Waals surface area (Å²) in [6, 6.07) is 3.59. The second kappa shape index (κ2) is 11.1. The van der Waals surface area contributed by atoms with E-state index in [1.807, 2.05) is 0 Å². The lowest BCUT2D eigenvalue weighted by molar-refractivity contribution is -0.308. The third kappa shape index (κ3) is 7.14. The fraction of sp³-hybridized carbons (Fsp3) is 0.636. The Morgan fingerprint density at radius 2 is 1.45 bits per heavy atom. The van der Waals surface area contributed by atoms with Gasteiger partial charge in [-0.3, -0.25) is 9.69 Å². The first kappa shape index (κ1) is 29.6. The molecule has 2 aliphatic rings. The molecule has 0 saturated carbocycles. The molecule has 1 aromatic rings. The van der Waals surface area contributed by atoms with Crippen molar-refractivity contribution in [1.82, 2.24) is 9.80 Å². The van der Waals surface area contributed by atoms with Crippen LogP contribution in [0, 0.1) is 5.92 Å². The number of para-hydroxylation sites is 1. The van der Waals surface area contributed by atoms with E-state index in [0.717, 1.165) is 6.07 Å². The van der Waals surface area contributed by atoms with Crippen molar-refractivity contribution in [2.75, 3.05) is 44.2 Å². The van der Waals surface area contributed by atoms with Crippen LogP contribution in [0.2, 0.25) is 0 Å². The normalized spacial score (nSPS) is 18.7. The number of anilines is 1. The topological polar surface area (TPSA) is 73.3 Å². The number of hydrogen-bond acceptors (Lipinski definition) is 5. The van der Waals surface area contributed by atoms with Crippen molar-refractivity contribution < 1.29 is 58.9 Å². The monoisotopic (exact) mass is 565 g/mol. The van der Waals surface area contributed by atoms with Gasteiger partial charge in [0.05, 0.1) is 17.2 Å². The highest BCUT2D eigenvalue weighted by Gasteiger charge is 2.60. The number of carbonyl (C=O) groups is 2. The Labute approximate surface area is 210 Å². The van der Waals surface area contributed by atoms with Gasteiger partial charge in [-0.1, -0.05) is 12.1 Å². The summed E-state index contributed by atoms with van der Waals surface area (Å²) in [5.74, 6) is -1.70. The standard InChI is InChI=1S/C22H24F9N3O4/c23-20(24,25)15-3-1-2-14(16(15)33-6-4-13(5-7-33)17(35)36)12-32-8-10-34(11-9-32)19(37)38-18(21(26,27)28)22(29,30)31/h1-3,13,18H,4-12H2,(H,35,36). The van der Waals surface area contributed by atoms with E-state index in [1.165, 1.54) is 17.0 Å². The lowest BCUT2D eigenvalue weighted by Crippen LogP contribution is -2.52. The minimum Gasteiger partial charge on any atom is -0.481 e. The number of benzene rings is 1. The second-order valence-electron chi connectivity index (χ2n) is 9.02. The predicted molar refractivity (Wildman–Crippen MR) is 113 cm³/mol. The number of carbonyl (C=O) groups excluding carboxylic acids is 1. The van der Waals surface area contributed by atoms with E-state index in [4.69, 9.17) is 0 Å². The van der Waals surface area contributed by atoms with Crippen molar-refractivity contribution in [3.05, 3.63) is 29.3 Å². The molecule has 214 valence electrons. The average Bonchev–Trinajstić information content (AvgIpc) is 2.81. The number of hydrogen-bond donors (Lipinski definition) is 1. The summed E-state index contributed by atoms with van der Waals surface area (Å²) in [7, 11) is 0. The first-order valence-electron chi connectivity index (χ1n) is 11.5. The van der Waals surface area contributed by atoms with Crippen LogP contribution in [-0.2, 0) is 22.3 Å². The van der Waals surface area contributed by atoms with E-state index in [9.17, 15) is 54.2 Å². The molecule has 0 aromatic heterocycles. The van der Waals surface area contributed by atoms with Gasteiger partial charge in [-0.2, -0.15) is 39.5 Å². The van der Waals surface area contributed by atoms with Crippen LogP contribution in [0.4, 0.5) is 50.0 Å². The lowest BCUT2D eigenvalue weighted by atomic mass is 9.95. The number of carboxylic acid groups (broad SMARTS) is 1. The molecule has 2 heterocycles. The van der Waals surface area contributed by atoms with Gasteiger partial charge in [0.1, 0.15) is 0 Å². The zero-order valence-electron chi connectivity index (χ0n) is 19.7. The number of halogens is 9. The molecule has 0 bridgehead atoms. The Morgan fingerprint density at radius 1 is 0.895 bits per heavy atom. The fourth-order valence-corrected chi connectivity index (χ4v) is 4.50. The van der Waals surface area contributed by atoms with E-state index in [-0.39, 0.29) is 69.9 Å². The first-order chi connectivity index (χ1) is 17.5. The quantitative estimate of drug-likeness (QED) is 0.520. The molecule has 1 N–H and O–H groups in total.